The van der Waals surface area contributed by atoms with Crippen LogP contribution >= 0.6 is 0 Å². The Hall–Kier alpha value is -4.95. The van der Waals surface area contributed by atoms with Crippen LogP contribution in [0.4, 0.5) is 48.7 Å². The second-order valence-corrected chi connectivity index (χ2v) is 11.6. The largest absolute Gasteiger partial charge is 0.444 e. The number of hydrogen-bond donors (Lipinski definition) is 3. The number of ether oxygens (including phenoxy) is 1. The number of amides is 3. The van der Waals surface area contributed by atoms with Gasteiger partial charge in [-0.25, -0.2) is 27.9 Å². The van der Waals surface area contributed by atoms with Crippen molar-refractivity contribution < 1.29 is 36.3 Å². The topological polar surface area (TPSA) is 127 Å². The number of carbonyl (C=O) groups excluding carboxylic acids is 2. The molecule has 238 valence electrons. The third-order valence-electron chi connectivity index (χ3n) is 7.25. The van der Waals surface area contributed by atoms with E-state index in [2.05, 4.69) is 15.4 Å². The Morgan fingerprint density at radius 1 is 0.956 bits per heavy atom. The normalized spacial score (nSPS) is 14.4. The van der Waals surface area contributed by atoms with Crippen molar-refractivity contribution in [2.24, 2.45) is 0 Å². The van der Waals surface area contributed by atoms with Crippen LogP contribution < -0.4 is 16.4 Å². The molecule has 1 saturated heterocycles. The molecular weight excluding hydrogens is 601 g/mol. The van der Waals surface area contributed by atoms with Gasteiger partial charge in [-0.3, -0.25) is 0 Å². The second-order valence-electron chi connectivity index (χ2n) is 11.6. The maximum Gasteiger partial charge on any atom is 0.416 e. The number of nitrogen functional groups attached to an aromatic ring is 1. The van der Waals surface area contributed by atoms with Crippen molar-refractivity contribution in [2.75, 3.05) is 29.5 Å². The van der Waals surface area contributed by atoms with E-state index < -0.39 is 40.7 Å². The molecule has 4 N–H and O–H groups in total. The number of benzene rings is 2. The number of aromatic nitrogens is 3. The fraction of sp³-hybridized carbons (Fsp3) is 0.333. The van der Waals surface area contributed by atoms with Crippen LogP contribution in [0.1, 0.15) is 50.8 Å². The van der Waals surface area contributed by atoms with E-state index in [1.807, 2.05) is 11.4 Å². The molecule has 45 heavy (non-hydrogen) atoms. The minimum Gasteiger partial charge on any atom is -0.444 e. The lowest BCUT2D eigenvalue weighted by Gasteiger charge is -2.33. The number of fused-ring (bicyclic) bond motifs is 1. The van der Waals surface area contributed by atoms with E-state index in [0.29, 0.717) is 60.8 Å². The maximum atomic E-state index is 15.2. The molecule has 0 aliphatic carbocycles. The van der Waals surface area contributed by atoms with E-state index in [-0.39, 0.29) is 23.5 Å². The standard InChI is InChI=1S/C30H30F5N7O3/c1-29(2,3)45-28(44)41-10-8-16(9-11-41)24-14-19(25-26(36)37-15-38-42(24)25)17-4-7-22(21(32)12-17)39-27(43)40-23-13-18(30(33,34)35)5-6-20(23)31/h4-7,12-16H,8-11H2,1-3H3,(H2,36,37,38)(H2,39,40,43). The van der Waals surface area contributed by atoms with Gasteiger partial charge < -0.3 is 26.0 Å². The van der Waals surface area contributed by atoms with Crippen LogP contribution in [0.25, 0.3) is 16.6 Å². The molecule has 0 spiro atoms. The molecule has 3 amide bonds. The van der Waals surface area contributed by atoms with Gasteiger partial charge in [-0.15, -0.1) is 0 Å². The van der Waals surface area contributed by atoms with Gasteiger partial charge in [-0.2, -0.15) is 18.3 Å². The Labute approximate surface area is 254 Å². The highest BCUT2D eigenvalue weighted by Gasteiger charge is 2.32. The van der Waals surface area contributed by atoms with Crippen LogP contribution in [0.3, 0.4) is 0 Å². The van der Waals surface area contributed by atoms with Gasteiger partial charge in [0.15, 0.2) is 5.82 Å². The van der Waals surface area contributed by atoms with Crippen molar-refractivity contribution in [2.45, 2.75) is 51.3 Å². The third kappa shape index (κ3) is 6.91. The summed E-state index contributed by atoms with van der Waals surface area (Å²) in [7, 11) is 0. The van der Waals surface area contributed by atoms with Gasteiger partial charge >= 0.3 is 18.3 Å². The summed E-state index contributed by atoms with van der Waals surface area (Å²) in [6, 6.07) is 6.17. The molecule has 10 nitrogen and oxygen atoms in total. The number of alkyl halides is 3. The number of nitrogens with two attached hydrogens (primary N) is 1. The number of halogens is 5. The predicted octanol–water partition coefficient (Wildman–Crippen LogP) is 7.03. The van der Waals surface area contributed by atoms with Crippen molar-refractivity contribution in [3.8, 4) is 11.1 Å². The van der Waals surface area contributed by atoms with E-state index in [1.54, 1.807) is 30.2 Å². The Balaban J connectivity index is 1.36. The summed E-state index contributed by atoms with van der Waals surface area (Å²) in [5.74, 6) is -1.82. The zero-order chi connectivity index (χ0) is 32.7. The van der Waals surface area contributed by atoms with Crippen LogP contribution in [0.2, 0.25) is 0 Å². The van der Waals surface area contributed by atoms with E-state index in [0.717, 1.165) is 11.8 Å². The van der Waals surface area contributed by atoms with E-state index >= 15 is 4.39 Å². The Morgan fingerprint density at radius 2 is 1.64 bits per heavy atom. The monoisotopic (exact) mass is 631 g/mol. The summed E-state index contributed by atoms with van der Waals surface area (Å²) in [6.07, 6.45) is -2.59. The van der Waals surface area contributed by atoms with Gasteiger partial charge in [-0.1, -0.05) is 6.07 Å². The van der Waals surface area contributed by atoms with Crippen LogP contribution in [0, 0.1) is 11.6 Å². The van der Waals surface area contributed by atoms with Gasteiger partial charge in [0.2, 0.25) is 0 Å². The van der Waals surface area contributed by atoms with Gasteiger partial charge in [0.1, 0.15) is 29.1 Å². The molecular formula is C30H30F5N7O3. The first-order valence-corrected chi connectivity index (χ1v) is 14.0. The first-order valence-electron chi connectivity index (χ1n) is 14.0. The Kier molecular flexibility index (Phi) is 8.29. The van der Waals surface area contributed by atoms with Crippen LogP contribution in [-0.2, 0) is 10.9 Å². The number of hydrogen-bond acceptors (Lipinski definition) is 6. The third-order valence-corrected chi connectivity index (χ3v) is 7.25. The number of piperidine rings is 1. The quantitative estimate of drug-likeness (QED) is 0.208. The first kappa shape index (κ1) is 31.5. The SMILES string of the molecule is CC(C)(C)OC(=O)N1CCC(c2cc(-c3ccc(NC(=O)Nc4cc(C(F)(F)F)ccc4F)c(F)c3)c3c(N)ncnn23)CC1. The average molecular weight is 632 g/mol. The van der Waals surface area contributed by atoms with Crippen molar-refractivity contribution >= 4 is 34.8 Å². The van der Waals surface area contributed by atoms with Crippen molar-refractivity contribution in [1.82, 2.24) is 19.5 Å². The number of nitrogens with one attached hydrogen (secondary N) is 2. The Bertz CT molecular complexity index is 1760. The minimum atomic E-state index is -4.75. The first-order chi connectivity index (χ1) is 21.1. The molecule has 15 heteroatoms. The average Bonchev–Trinajstić information content (AvgIpc) is 3.35. The molecule has 1 fully saturated rings. The minimum absolute atomic E-state index is 0.00929. The Morgan fingerprint density at radius 3 is 2.29 bits per heavy atom. The molecule has 1 aliphatic rings. The number of urea groups is 1. The maximum absolute atomic E-state index is 15.2. The zero-order valence-electron chi connectivity index (χ0n) is 24.5. The van der Waals surface area contributed by atoms with Gasteiger partial charge in [0.25, 0.3) is 0 Å². The van der Waals surface area contributed by atoms with Gasteiger partial charge in [0.05, 0.1) is 16.9 Å². The van der Waals surface area contributed by atoms with Gasteiger partial charge in [0, 0.05) is 30.3 Å². The van der Waals surface area contributed by atoms with E-state index in [4.69, 9.17) is 10.5 Å². The molecule has 0 atom stereocenters. The predicted molar refractivity (Wildman–Crippen MR) is 157 cm³/mol. The van der Waals surface area contributed by atoms with Crippen LogP contribution in [0.15, 0.2) is 48.8 Å². The number of carbonyl (C=O) groups is 2. The zero-order valence-corrected chi connectivity index (χ0v) is 24.5. The number of likely N-dealkylation sites (tertiary alicyclic amines) is 1. The summed E-state index contributed by atoms with van der Waals surface area (Å²) in [5.41, 5.74) is 5.57. The highest BCUT2D eigenvalue weighted by atomic mass is 19.4. The smallest absolute Gasteiger partial charge is 0.416 e. The molecule has 1 aliphatic heterocycles. The summed E-state index contributed by atoms with van der Waals surface area (Å²) < 4.78 is 75.4. The molecule has 0 radical (unpaired) electrons. The summed E-state index contributed by atoms with van der Waals surface area (Å²) in [6.45, 7) is 6.34. The van der Waals surface area contributed by atoms with E-state index in [9.17, 15) is 27.2 Å². The van der Waals surface area contributed by atoms with Gasteiger partial charge in [-0.05, 0) is 75.6 Å². The molecule has 0 saturated carbocycles. The highest BCUT2D eigenvalue weighted by Crippen LogP contribution is 2.38. The van der Waals surface area contributed by atoms with Crippen molar-refractivity contribution in [1.29, 1.82) is 0 Å². The van der Waals surface area contributed by atoms with Crippen molar-refractivity contribution in [3.63, 3.8) is 0 Å². The molecule has 0 bridgehead atoms. The second kappa shape index (κ2) is 11.9. The molecule has 4 aromatic rings. The number of rotatable bonds is 4. The molecule has 2 aromatic heterocycles. The summed E-state index contributed by atoms with van der Waals surface area (Å²) >= 11 is 0. The fourth-order valence-electron chi connectivity index (χ4n) is 5.14. The molecule has 2 aromatic carbocycles. The number of anilines is 3. The van der Waals surface area contributed by atoms with Crippen LogP contribution in [0.5, 0.6) is 0 Å². The van der Waals surface area contributed by atoms with E-state index in [1.165, 1.54) is 18.5 Å². The van der Waals surface area contributed by atoms with Crippen molar-refractivity contribution in [3.05, 3.63) is 71.7 Å². The molecule has 3 heterocycles. The lowest BCUT2D eigenvalue weighted by Crippen LogP contribution is -2.41. The fourth-order valence-corrected chi connectivity index (χ4v) is 5.14. The summed E-state index contributed by atoms with van der Waals surface area (Å²) in [5, 5.41) is 8.54. The van der Waals surface area contributed by atoms with Crippen LogP contribution in [-0.4, -0.2) is 50.3 Å². The molecule has 5 rings (SSSR count). The number of nitrogens with zero attached hydrogens (tertiary/aromatic N) is 4. The lowest BCUT2D eigenvalue weighted by molar-refractivity contribution is -0.137. The molecule has 0 unspecified atom stereocenters. The summed E-state index contributed by atoms with van der Waals surface area (Å²) in [4.78, 5) is 30.7. The highest BCUT2D eigenvalue weighted by molar-refractivity contribution is 6.00. The lowest BCUT2D eigenvalue weighted by atomic mass is 9.93.